The lowest BCUT2D eigenvalue weighted by Crippen LogP contribution is -2.46. The summed E-state index contributed by atoms with van der Waals surface area (Å²) in [6.07, 6.45) is 4.12. The zero-order valence-corrected chi connectivity index (χ0v) is 17.8. The van der Waals surface area contributed by atoms with E-state index in [2.05, 4.69) is 5.32 Å². The van der Waals surface area contributed by atoms with E-state index in [1.54, 1.807) is 0 Å². The maximum Gasteiger partial charge on any atom is 0.222 e. The Morgan fingerprint density at radius 1 is 1.00 bits per heavy atom. The van der Waals surface area contributed by atoms with Gasteiger partial charge in [0.05, 0.1) is 6.61 Å². The van der Waals surface area contributed by atoms with Gasteiger partial charge in [-0.05, 0) is 49.8 Å². The summed E-state index contributed by atoms with van der Waals surface area (Å²) in [6.45, 7) is 3.98. The normalized spacial score (nSPS) is 14.4. The van der Waals surface area contributed by atoms with Crippen molar-refractivity contribution in [1.29, 1.82) is 0 Å². The maximum absolute atomic E-state index is 12.4. The average Bonchev–Trinajstić information content (AvgIpc) is 2.77. The Bertz CT molecular complexity index is 814. The molecule has 1 saturated heterocycles. The Morgan fingerprint density at radius 2 is 1.70 bits per heavy atom. The molecule has 1 N–H and O–H groups in total. The summed E-state index contributed by atoms with van der Waals surface area (Å²) in [4.78, 5) is 26.6. The maximum atomic E-state index is 12.4. The molecule has 5 nitrogen and oxygen atoms in total. The first-order chi connectivity index (χ1) is 14.6. The standard InChI is InChI=1S/C25H32N2O3/c1-20-8-5-6-11-23(20)30-19-7-12-25(29)27-17-15-22(16-18-27)26-24(28)14-13-21-9-3-2-4-10-21/h2-6,8-11,22H,7,12-19H2,1H3,(H,26,28). The first-order valence-corrected chi connectivity index (χ1v) is 10.9. The van der Waals surface area contributed by atoms with Gasteiger partial charge in [-0.1, -0.05) is 48.5 Å². The lowest BCUT2D eigenvalue weighted by atomic mass is 10.0. The van der Waals surface area contributed by atoms with Crippen LogP contribution in [-0.2, 0) is 16.0 Å². The summed E-state index contributed by atoms with van der Waals surface area (Å²) in [5.41, 5.74) is 2.29. The van der Waals surface area contributed by atoms with Gasteiger partial charge >= 0.3 is 0 Å². The van der Waals surface area contributed by atoms with E-state index in [0.717, 1.165) is 30.6 Å². The molecular formula is C25H32N2O3. The van der Waals surface area contributed by atoms with Gasteiger partial charge in [-0.2, -0.15) is 0 Å². The van der Waals surface area contributed by atoms with Gasteiger partial charge in [0.15, 0.2) is 0 Å². The molecule has 1 aliphatic heterocycles. The monoisotopic (exact) mass is 408 g/mol. The molecule has 30 heavy (non-hydrogen) atoms. The number of hydrogen-bond acceptors (Lipinski definition) is 3. The zero-order valence-electron chi connectivity index (χ0n) is 17.8. The van der Waals surface area contributed by atoms with E-state index in [-0.39, 0.29) is 17.9 Å². The molecule has 2 amide bonds. The van der Waals surface area contributed by atoms with Crippen LogP contribution in [0.1, 0.15) is 43.2 Å². The fourth-order valence-corrected chi connectivity index (χ4v) is 3.76. The lowest BCUT2D eigenvalue weighted by molar-refractivity contribution is -0.132. The number of ether oxygens (including phenoxy) is 1. The number of piperidine rings is 1. The van der Waals surface area contributed by atoms with Crippen molar-refractivity contribution < 1.29 is 14.3 Å². The molecule has 160 valence electrons. The van der Waals surface area contributed by atoms with Crippen LogP contribution < -0.4 is 10.1 Å². The molecule has 1 aliphatic rings. The van der Waals surface area contributed by atoms with Gasteiger partial charge in [0, 0.05) is 32.0 Å². The molecule has 2 aromatic rings. The van der Waals surface area contributed by atoms with Crippen LogP contribution in [0.25, 0.3) is 0 Å². The number of nitrogens with one attached hydrogen (secondary N) is 1. The molecule has 0 spiro atoms. The summed E-state index contributed by atoms with van der Waals surface area (Å²) in [7, 11) is 0. The van der Waals surface area contributed by atoms with Crippen LogP contribution in [-0.4, -0.2) is 42.5 Å². The topological polar surface area (TPSA) is 58.6 Å². The highest BCUT2D eigenvalue weighted by Gasteiger charge is 2.23. The largest absolute Gasteiger partial charge is 0.493 e. The second-order valence-corrected chi connectivity index (χ2v) is 7.93. The third-order valence-electron chi connectivity index (χ3n) is 5.58. The molecule has 0 bridgehead atoms. The molecule has 2 aromatic carbocycles. The van der Waals surface area contributed by atoms with Crippen molar-refractivity contribution in [1.82, 2.24) is 10.2 Å². The van der Waals surface area contributed by atoms with E-state index < -0.39 is 0 Å². The molecule has 0 aliphatic carbocycles. The summed E-state index contributed by atoms with van der Waals surface area (Å²) < 4.78 is 5.77. The fraction of sp³-hybridized carbons (Fsp3) is 0.440. The van der Waals surface area contributed by atoms with Crippen molar-refractivity contribution in [2.24, 2.45) is 0 Å². The van der Waals surface area contributed by atoms with Gasteiger partial charge in [0.2, 0.25) is 11.8 Å². The third kappa shape index (κ3) is 6.90. The first kappa shape index (κ1) is 21.9. The van der Waals surface area contributed by atoms with E-state index >= 15 is 0 Å². The summed E-state index contributed by atoms with van der Waals surface area (Å²) in [5, 5.41) is 3.13. The zero-order chi connectivity index (χ0) is 21.2. The molecule has 0 saturated carbocycles. The average molecular weight is 409 g/mol. The fourth-order valence-electron chi connectivity index (χ4n) is 3.76. The highest BCUT2D eigenvalue weighted by molar-refractivity contribution is 5.77. The Labute approximate surface area is 179 Å². The van der Waals surface area contributed by atoms with Gasteiger partial charge in [0.25, 0.3) is 0 Å². The summed E-state index contributed by atoms with van der Waals surface area (Å²) >= 11 is 0. The van der Waals surface area contributed by atoms with Crippen molar-refractivity contribution in [3.05, 3.63) is 65.7 Å². The number of carbonyl (C=O) groups is 2. The summed E-state index contributed by atoms with van der Waals surface area (Å²) in [5.74, 6) is 1.16. The third-order valence-corrected chi connectivity index (χ3v) is 5.58. The van der Waals surface area contributed by atoms with E-state index in [9.17, 15) is 9.59 Å². The van der Waals surface area contributed by atoms with Crippen LogP contribution in [0, 0.1) is 6.92 Å². The number of nitrogens with zero attached hydrogens (tertiary/aromatic N) is 1. The van der Waals surface area contributed by atoms with Crippen molar-refractivity contribution >= 4 is 11.8 Å². The Kier molecular flexibility index (Phi) is 8.30. The van der Waals surface area contributed by atoms with Crippen molar-refractivity contribution in [2.45, 2.75) is 51.5 Å². The number of benzene rings is 2. The number of aryl methyl sites for hydroxylation is 2. The molecule has 0 atom stereocenters. The molecule has 3 rings (SSSR count). The number of para-hydroxylation sites is 1. The number of hydrogen-bond donors (Lipinski definition) is 1. The van der Waals surface area contributed by atoms with Crippen LogP contribution >= 0.6 is 0 Å². The second-order valence-electron chi connectivity index (χ2n) is 7.93. The minimum absolute atomic E-state index is 0.0944. The van der Waals surface area contributed by atoms with Crippen molar-refractivity contribution in [2.75, 3.05) is 19.7 Å². The molecular weight excluding hydrogens is 376 g/mol. The van der Waals surface area contributed by atoms with Crippen LogP contribution in [0.3, 0.4) is 0 Å². The summed E-state index contributed by atoms with van der Waals surface area (Å²) in [6, 6.07) is 18.1. The van der Waals surface area contributed by atoms with Gasteiger partial charge in [-0.25, -0.2) is 0 Å². The van der Waals surface area contributed by atoms with E-state index in [1.165, 1.54) is 5.56 Å². The predicted octanol–water partition coefficient (Wildman–Crippen LogP) is 3.89. The van der Waals surface area contributed by atoms with Crippen LogP contribution in [0.5, 0.6) is 5.75 Å². The Balaban J connectivity index is 1.29. The number of carbonyl (C=O) groups excluding carboxylic acids is 2. The number of likely N-dealkylation sites (tertiary alicyclic amines) is 1. The highest BCUT2D eigenvalue weighted by Crippen LogP contribution is 2.17. The van der Waals surface area contributed by atoms with Gasteiger partial charge in [-0.3, -0.25) is 9.59 Å². The SMILES string of the molecule is Cc1ccccc1OCCCC(=O)N1CCC(NC(=O)CCc2ccccc2)CC1. The van der Waals surface area contributed by atoms with E-state index in [4.69, 9.17) is 4.74 Å². The minimum atomic E-state index is 0.0944. The van der Waals surface area contributed by atoms with E-state index in [1.807, 2.05) is 66.4 Å². The molecule has 0 aromatic heterocycles. The molecule has 5 heteroatoms. The van der Waals surface area contributed by atoms with Crippen molar-refractivity contribution in [3.8, 4) is 5.75 Å². The lowest BCUT2D eigenvalue weighted by Gasteiger charge is -2.32. The quantitative estimate of drug-likeness (QED) is 0.641. The second kappa shape index (κ2) is 11.4. The highest BCUT2D eigenvalue weighted by atomic mass is 16.5. The molecule has 1 fully saturated rings. The van der Waals surface area contributed by atoms with Crippen LogP contribution in [0.2, 0.25) is 0 Å². The van der Waals surface area contributed by atoms with Gasteiger partial charge < -0.3 is 15.0 Å². The van der Waals surface area contributed by atoms with Gasteiger partial charge in [0.1, 0.15) is 5.75 Å². The molecule has 0 unspecified atom stereocenters. The van der Waals surface area contributed by atoms with E-state index in [0.29, 0.717) is 39.0 Å². The number of amides is 2. The first-order valence-electron chi connectivity index (χ1n) is 10.9. The molecule has 1 heterocycles. The molecule has 0 radical (unpaired) electrons. The van der Waals surface area contributed by atoms with Crippen molar-refractivity contribution in [3.63, 3.8) is 0 Å². The smallest absolute Gasteiger partial charge is 0.222 e. The van der Waals surface area contributed by atoms with Crippen LogP contribution in [0.4, 0.5) is 0 Å². The minimum Gasteiger partial charge on any atom is -0.493 e. The Morgan fingerprint density at radius 3 is 2.43 bits per heavy atom. The predicted molar refractivity (Wildman–Crippen MR) is 118 cm³/mol. The Hall–Kier alpha value is -2.82. The number of rotatable bonds is 9. The van der Waals surface area contributed by atoms with Crippen LogP contribution in [0.15, 0.2) is 54.6 Å². The van der Waals surface area contributed by atoms with Gasteiger partial charge in [-0.15, -0.1) is 0 Å².